The van der Waals surface area contributed by atoms with Crippen molar-refractivity contribution in [3.8, 4) is 0 Å². The Morgan fingerprint density at radius 1 is 0.895 bits per heavy atom. The Labute approximate surface area is 114 Å². The molecule has 0 fully saturated rings. The molecule has 2 aromatic rings. The molecule has 0 saturated heterocycles. The second kappa shape index (κ2) is 6.01. The highest BCUT2D eigenvalue weighted by Crippen LogP contribution is 2.14. The van der Waals surface area contributed by atoms with Gasteiger partial charge in [-0.3, -0.25) is 4.79 Å². The zero-order valence-electron chi connectivity index (χ0n) is 11.2. The van der Waals surface area contributed by atoms with Gasteiger partial charge >= 0.3 is 0 Å². The third kappa shape index (κ3) is 3.32. The molecular formula is C17H17NO. The molecule has 0 radical (unpaired) electrons. The Hall–Kier alpha value is -2.35. The van der Waals surface area contributed by atoms with Gasteiger partial charge in [-0.1, -0.05) is 60.7 Å². The van der Waals surface area contributed by atoms with E-state index in [1.807, 2.05) is 85.7 Å². The molecule has 0 N–H and O–H groups in total. The first kappa shape index (κ1) is 13.1. The zero-order valence-corrected chi connectivity index (χ0v) is 11.2. The maximum atomic E-state index is 12.5. The molecule has 19 heavy (non-hydrogen) atoms. The molecule has 2 aromatic carbocycles. The molecule has 2 rings (SSSR count). The molecular weight excluding hydrogens is 234 g/mol. The molecule has 0 aliphatic rings. The fourth-order valence-electron chi connectivity index (χ4n) is 1.84. The number of allylic oxidation sites excluding steroid dienone is 1. The summed E-state index contributed by atoms with van der Waals surface area (Å²) in [6, 6.07) is 19.2. The third-order valence-corrected chi connectivity index (χ3v) is 2.85. The minimum atomic E-state index is 0.0365. The van der Waals surface area contributed by atoms with E-state index >= 15 is 0 Å². The van der Waals surface area contributed by atoms with Gasteiger partial charge in [-0.05, 0) is 11.6 Å². The highest BCUT2D eigenvalue weighted by atomic mass is 16.1. The van der Waals surface area contributed by atoms with E-state index in [2.05, 4.69) is 0 Å². The van der Waals surface area contributed by atoms with Crippen molar-refractivity contribution in [1.29, 1.82) is 0 Å². The van der Waals surface area contributed by atoms with Gasteiger partial charge in [-0.15, -0.1) is 0 Å². The number of Topliss-reactive ketones (excluding diaryl/α,β-unsaturated/α-hetero) is 1. The van der Waals surface area contributed by atoms with Gasteiger partial charge in [0.05, 0.1) is 5.70 Å². The topological polar surface area (TPSA) is 20.3 Å². The molecule has 0 amide bonds. The van der Waals surface area contributed by atoms with Crippen molar-refractivity contribution in [3.05, 3.63) is 77.5 Å². The predicted molar refractivity (Wildman–Crippen MR) is 78.9 cm³/mol. The standard InChI is InChI=1S/C17H17NO/c1-18(2)16(13-14-9-5-3-6-10-14)17(19)15-11-7-4-8-12-15/h3-13H,1-2H3/b16-13-. The molecule has 96 valence electrons. The second-order valence-electron chi connectivity index (χ2n) is 4.53. The van der Waals surface area contributed by atoms with Crippen LogP contribution in [0, 0.1) is 0 Å². The number of ketones is 1. The van der Waals surface area contributed by atoms with Gasteiger partial charge in [0, 0.05) is 19.7 Å². The maximum Gasteiger partial charge on any atom is 0.209 e. The van der Waals surface area contributed by atoms with E-state index in [0.717, 1.165) is 5.56 Å². The van der Waals surface area contributed by atoms with Crippen LogP contribution in [0.4, 0.5) is 0 Å². The van der Waals surface area contributed by atoms with Crippen molar-refractivity contribution in [3.63, 3.8) is 0 Å². The Bertz CT molecular complexity index is 571. The van der Waals surface area contributed by atoms with Gasteiger partial charge in [0.2, 0.25) is 5.78 Å². The molecule has 0 aromatic heterocycles. The van der Waals surface area contributed by atoms with E-state index in [0.29, 0.717) is 11.3 Å². The lowest BCUT2D eigenvalue weighted by atomic mass is 10.1. The van der Waals surface area contributed by atoms with E-state index in [1.54, 1.807) is 0 Å². The quantitative estimate of drug-likeness (QED) is 0.612. The first-order valence-corrected chi connectivity index (χ1v) is 6.22. The summed E-state index contributed by atoms with van der Waals surface area (Å²) >= 11 is 0. The Kier molecular flexibility index (Phi) is 4.14. The number of carbonyl (C=O) groups excluding carboxylic acids is 1. The molecule has 0 saturated carbocycles. The summed E-state index contributed by atoms with van der Waals surface area (Å²) in [6.07, 6.45) is 1.91. The third-order valence-electron chi connectivity index (χ3n) is 2.85. The van der Waals surface area contributed by atoms with Crippen molar-refractivity contribution >= 4 is 11.9 Å². The number of hydrogen-bond acceptors (Lipinski definition) is 2. The molecule has 0 heterocycles. The van der Waals surface area contributed by atoms with Gasteiger partial charge in [0.15, 0.2) is 0 Å². The van der Waals surface area contributed by atoms with E-state index < -0.39 is 0 Å². The lowest BCUT2D eigenvalue weighted by Crippen LogP contribution is -2.19. The summed E-state index contributed by atoms with van der Waals surface area (Å²) < 4.78 is 0. The first-order valence-electron chi connectivity index (χ1n) is 6.22. The highest BCUT2D eigenvalue weighted by molar-refractivity contribution is 6.10. The van der Waals surface area contributed by atoms with E-state index in [9.17, 15) is 4.79 Å². The van der Waals surface area contributed by atoms with Crippen LogP contribution in [0.3, 0.4) is 0 Å². The normalized spacial score (nSPS) is 11.2. The van der Waals surface area contributed by atoms with Crippen LogP contribution < -0.4 is 0 Å². The largest absolute Gasteiger partial charge is 0.374 e. The Morgan fingerprint density at radius 2 is 1.42 bits per heavy atom. The monoisotopic (exact) mass is 251 g/mol. The van der Waals surface area contributed by atoms with Crippen molar-refractivity contribution in [2.45, 2.75) is 0 Å². The fourth-order valence-corrected chi connectivity index (χ4v) is 1.84. The second-order valence-corrected chi connectivity index (χ2v) is 4.53. The van der Waals surface area contributed by atoms with Crippen LogP contribution in [-0.2, 0) is 0 Å². The van der Waals surface area contributed by atoms with E-state index in [-0.39, 0.29) is 5.78 Å². The van der Waals surface area contributed by atoms with Gasteiger partial charge in [-0.2, -0.15) is 0 Å². The Morgan fingerprint density at radius 3 is 1.95 bits per heavy atom. The number of rotatable bonds is 4. The smallest absolute Gasteiger partial charge is 0.209 e. The molecule has 0 aliphatic carbocycles. The minimum Gasteiger partial charge on any atom is -0.374 e. The predicted octanol–water partition coefficient (Wildman–Crippen LogP) is 3.47. The van der Waals surface area contributed by atoms with Crippen LogP contribution in [0.2, 0.25) is 0 Å². The van der Waals surface area contributed by atoms with E-state index in [4.69, 9.17) is 0 Å². The van der Waals surface area contributed by atoms with Gasteiger partial charge in [0.25, 0.3) is 0 Å². The average Bonchev–Trinajstić information content (AvgIpc) is 2.46. The van der Waals surface area contributed by atoms with Crippen LogP contribution in [0.1, 0.15) is 15.9 Å². The molecule has 2 nitrogen and oxygen atoms in total. The molecule has 0 unspecified atom stereocenters. The van der Waals surface area contributed by atoms with Crippen molar-refractivity contribution in [1.82, 2.24) is 4.90 Å². The number of benzene rings is 2. The van der Waals surface area contributed by atoms with Crippen LogP contribution in [0.5, 0.6) is 0 Å². The summed E-state index contributed by atoms with van der Waals surface area (Å²) in [5, 5.41) is 0. The number of likely N-dealkylation sites (N-methyl/N-ethyl adjacent to an activating group) is 1. The zero-order chi connectivity index (χ0) is 13.7. The number of nitrogens with zero attached hydrogens (tertiary/aromatic N) is 1. The van der Waals surface area contributed by atoms with Crippen molar-refractivity contribution in [2.75, 3.05) is 14.1 Å². The van der Waals surface area contributed by atoms with E-state index in [1.165, 1.54) is 0 Å². The highest BCUT2D eigenvalue weighted by Gasteiger charge is 2.13. The van der Waals surface area contributed by atoms with Gasteiger partial charge in [0.1, 0.15) is 0 Å². The molecule has 0 atom stereocenters. The summed E-state index contributed by atoms with van der Waals surface area (Å²) in [7, 11) is 3.77. The van der Waals surface area contributed by atoms with Crippen molar-refractivity contribution < 1.29 is 4.79 Å². The SMILES string of the molecule is CN(C)/C(=C\c1ccccc1)C(=O)c1ccccc1. The molecule has 2 heteroatoms. The van der Waals surface area contributed by atoms with Gasteiger partial charge < -0.3 is 4.90 Å². The van der Waals surface area contributed by atoms with Crippen LogP contribution in [-0.4, -0.2) is 24.8 Å². The lowest BCUT2D eigenvalue weighted by molar-refractivity contribution is 0.101. The Balaban J connectivity index is 2.37. The fraction of sp³-hybridized carbons (Fsp3) is 0.118. The van der Waals surface area contributed by atoms with Gasteiger partial charge in [-0.25, -0.2) is 0 Å². The van der Waals surface area contributed by atoms with Crippen LogP contribution >= 0.6 is 0 Å². The van der Waals surface area contributed by atoms with Crippen LogP contribution in [0.15, 0.2) is 66.4 Å². The summed E-state index contributed by atoms with van der Waals surface area (Å²) in [5.41, 5.74) is 2.41. The summed E-state index contributed by atoms with van der Waals surface area (Å²) in [6.45, 7) is 0. The lowest BCUT2D eigenvalue weighted by Gasteiger charge is -2.16. The molecule has 0 bridgehead atoms. The molecule has 0 aliphatic heterocycles. The van der Waals surface area contributed by atoms with Crippen molar-refractivity contribution in [2.24, 2.45) is 0 Å². The maximum absolute atomic E-state index is 12.5. The first-order chi connectivity index (χ1) is 9.18. The number of hydrogen-bond donors (Lipinski definition) is 0. The number of carbonyl (C=O) groups is 1. The summed E-state index contributed by atoms with van der Waals surface area (Å²) in [5.74, 6) is 0.0365. The molecule has 0 spiro atoms. The van der Waals surface area contributed by atoms with Crippen LogP contribution in [0.25, 0.3) is 6.08 Å². The summed E-state index contributed by atoms with van der Waals surface area (Å²) in [4.78, 5) is 14.3. The average molecular weight is 251 g/mol. The minimum absolute atomic E-state index is 0.0365.